The van der Waals surface area contributed by atoms with E-state index in [1.165, 1.54) is 6.08 Å². The molecule has 96 valence electrons. The summed E-state index contributed by atoms with van der Waals surface area (Å²) in [5.41, 5.74) is 0. The minimum absolute atomic E-state index is 0.0853. The zero-order valence-corrected chi connectivity index (χ0v) is 10.1. The number of hydrogen-bond donors (Lipinski definition) is 3. The molecule has 0 aliphatic carbocycles. The Bertz CT molecular complexity index is 304. The number of aliphatic carboxylic acids is 1. The summed E-state index contributed by atoms with van der Waals surface area (Å²) in [5, 5.41) is 14.8. The van der Waals surface area contributed by atoms with Crippen molar-refractivity contribution < 1.29 is 14.7 Å². The van der Waals surface area contributed by atoms with E-state index in [2.05, 4.69) is 17.2 Å². The number of nitrogens with one attached hydrogen (secondary N) is 2. The summed E-state index contributed by atoms with van der Waals surface area (Å²) in [6.45, 7) is 6.32. The summed E-state index contributed by atoms with van der Waals surface area (Å²) in [4.78, 5) is 22.8. The van der Waals surface area contributed by atoms with E-state index in [0.717, 1.165) is 19.4 Å². The van der Waals surface area contributed by atoms with Gasteiger partial charge in [-0.3, -0.25) is 4.79 Å². The molecule has 1 amide bonds. The van der Waals surface area contributed by atoms with E-state index in [1.807, 2.05) is 6.92 Å². The zero-order valence-electron chi connectivity index (χ0n) is 10.1. The van der Waals surface area contributed by atoms with Crippen LogP contribution in [0.1, 0.15) is 26.2 Å². The van der Waals surface area contributed by atoms with Gasteiger partial charge >= 0.3 is 5.97 Å². The molecule has 0 aromatic rings. The first-order valence-corrected chi connectivity index (χ1v) is 5.92. The Morgan fingerprint density at radius 1 is 1.65 bits per heavy atom. The number of carbonyl (C=O) groups excluding carboxylic acids is 1. The van der Waals surface area contributed by atoms with Crippen molar-refractivity contribution in [1.29, 1.82) is 0 Å². The van der Waals surface area contributed by atoms with Crippen LogP contribution >= 0.6 is 0 Å². The van der Waals surface area contributed by atoms with Gasteiger partial charge in [0.05, 0.1) is 0 Å². The first-order chi connectivity index (χ1) is 8.04. The van der Waals surface area contributed by atoms with Gasteiger partial charge in [0.15, 0.2) is 0 Å². The Labute approximate surface area is 101 Å². The van der Waals surface area contributed by atoms with Crippen LogP contribution in [0.15, 0.2) is 12.7 Å². The Hall–Kier alpha value is -1.36. The second-order valence-corrected chi connectivity index (χ2v) is 4.50. The van der Waals surface area contributed by atoms with Crippen LogP contribution in [0.2, 0.25) is 0 Å². The fourth-order valence-corrected chi connectivity index (χ4v) is 2.05. The Balaban J connectivity index is 2.51. The molecule has 0 bridgehead atoms. The SMILES string of the molecule is C=CCC(NC(=O)C1CCNC(C)C1)C(=O)O. The highest BCUT2D eigenvalue weighted by Gasteiger charge is 2.27. The molecular weight excluding hydrogens is 220 g/mol. The van der Waals surface area contributed by atoms with E-state index in [9.17, 15) is 9.59 Å². The molecule has 5 nitrogen and oxygen atoms in total. The maximum absolute atomic E-state index is 11.9. The van der Waals surface area contributed by atoms with E-state index in [0.29, 0.717) is 6.04 Å². The number of carboxylic acids is 1. The quantitative estimate of drug-likeness (QED) is 0.612. The number of carbonyl (C=O) groups is 2. The maximum Gasteiger partial charge on any atom is 0.326 e. The zero-order chi connectivity index (χ0) is 12.8. The van der Waals surface area contributed by atoms with E-state index >= 15 is 0 Å². The molecule has 0 aromatic heterocycles. The number of rotatable bonds is 5. The molecule has 0 aromatic carbocycles. The van der Waals surface area contributed by atoms with E-state index in [1.54, 1.807) is 0 Å². The molecule has 1 rings (SSSR count). The van der Waals surface area contributed by atoms with Crippen LogP contribution in [0.5, 0.6) is 0 Å². The average Bonchev–Trinajstić information content (AvgIpc) is 2.28. The molecule has 0 radical (unpaired) electrons. The molecule has 0 spiro atoms. The van der Waals surface area contributed by atoms with Crippen molar-refractivity contribution >= 4 is 11.9 Å². The predicted octanol–water partition coefficient (Wildman–Crippen LogP) is 0.520. The van der Waals surface area contributed by atoms with Crippen LogP contribution in [0.3, 0.4) is 0 Å². The van der Waals surface area contributed by atoms with Crippen molar-refractivity contribution in [1.82, 2.24) is 10.6 Å². The van der Waals surface area contributed by atoms with Crippen LogP contribution in [-0.2, 0) is 9.59 Å². The van der Waals surface area contributed by atoms with Gasteiger partial charge in [-0.25, -0.2) is 4.79 Å². The Morgan fingerprint density at radius 2 is 2.35 bits per heavy atom. The summed E-state index contributed by atoms with van der Waals surface area (Å²) < 4.78 is 0. The smallest absolute Gasteiger partial charge is 0.326 e. The van der Waals surface area contributed by atoms with Crippen LogP contribution in [0.4, 0.5) is 0 Å². The molecule has 3 N–H and O–H groups in total. The topological polar surface area (TPSA) is 78.4 Å². The van der Waals surface area contributed by atoms with Gasteiger partial charge in [-0.2, -0.15) is 0 Å². The molecular formula is C12H20N2O3. The van der Waals surface area contributed by atoms with Crippen molar-refractivity contribution in [3.05, 3.63) is 12.7 Å². The summed E-state index contributed by atoms with van der Waals surface area (Å²) in [7, 11) is 0. The first kappa shape index (κ1) is 13.7. The minimum atomic E-state index is -1.01. The lowest BCUT2D eigenvalue weighted by molar-refractivity contribution is -0.142. The second kappa shape index (κ2) is 6.39. The molecule has 1 aliphatic heterocycles. The Kier molecular flexibility index (Phi) is 5.15. The third-order valence-corrected chi connectivity index (χ3v) is 3.01. The lowest BCUT2D eigenvalue weighted by Crippen LogP contribution is -2.47. The summed E-state index contributed by atoms with van der Waals surface area (Å²) in [5.74, 6) is -1.26. The average molecular weight is 240 g/mol. The molecule has 5 heteroatoms. The van der Waals surface area contributed by atoms with Crippen molar-refractivity contribution in [3.63, 3.8) is 0 Å². The summed E-state index contributed by atoms with van der Waals surface area (Å²) >= 11 is 0. The van der Waals surface area contributed by atoms with Gasteiger partial charge in [0.2, 0.25) is 5.91 Å². The second-order valence-electron chi connectivity index (χ2n) is 4.50. The van der Waals surface area contributed by atoms with Crippen molar-refractivity contribution in [2.45, 2.75) is 38.3 Å². The van der Waals surface area contributed by atoms with Gasteiger partial charge in [-0.15, -0.1) is 6.58 Å². The highest BCUT2D eigenvalue weighted by atomic mass is 16.4. The van der Waals surface area contributed by atoms with E-state index in [4.69, 9.17) is 5.11 Å². The molecule has 17 heavy (non-hydrogen) atoms. The standard InChI is InChI=1S/C12H20N2O3/c1-3-4-10(12(16)17)14-11(15)9-5-6-13-8(2)7-9/h3,8-10,13H,1,4-7H2,2H3,(H,14,15)(H,16,17). The molecule has 0 saturated carbocycles. The molecule has 3 unspecified atom stereocenters. The minimum Gasteiger partial charge on any atom is -0.480 e. The highest BCUT2D eigenvalue weighted by molar-refractivity contribution is 5.85. The summed E-state index contributed by atoms with van der Waals surface area (Å²) in [6, 6.07) is -0.549. The monoisotopic (exact) mass is 240 g/mol. The van der Waals surface area contributed by atoms with Crippen LogP contribution in [-0.4, -0.2) is 35.6 Å². The van der Waals surface area contributed by atoms with Gasteiger partial charge in [-0.1, -0.05) is 6.08 Å². The molecule has 1 aliphatic rings. The maximum atomic E-state index is 11.9. The van der Waals surface area contributed by atoms with Crippen LogP contribution in [0.25, 0.3) is 0 Å². The lowest BCUT2D eigenvalue weighted by atomic mass is 9.92. The molecule has 1 fully saturated rings. The van der Waals surface area contributed by atoms with Gasteiger partial charge in [0.1, 0.15) is 6.04 Å². The van der Waals surface area contributed by atoms with Gasteiger partial charge in [0.25, 0.3) is 0 Å². The lowest BCUT2D eigenvalue weighted by Gasteiger charge is -2.28. The molecule has 3 atom stereocenters. The number of carboxylic acid groups (broad SMARTS) is 1. The number of piperidine rings is 1. The third-order valence-electron chi connectivity index (χ3n) is 3.01. The molecule has 1 heterocycles. The van der Waals surface area contributed by atoms with Crippen molar-refractivity contribution in [2.24, 2.45) is 5.92 Å². The fourth-order valence-electron chi connectivity index (χ4n) is 2.05. The number of hydrogen-bond acceptors (Lipinski definition) is 3. The van der Waals surface area contributed by atoms with Gasteiger partial charge < -0.3 is 15.7 Å². The van der Waals surface area contributed by atoms with Gasteiger partial charge in [-0.05, 0) is 32.7 Å². The molecule has 1 saturated heterocycles. The van der Waals surface area contributed by atoms with Gasteiger partial charge in [0, 0.05) is 12.0 Å². The van der Waals surface area contributed by atoms with E-state index in [-0.39, 0.29) is 18.2 Å². The Morgan fingerprint density at radius 3 is 2.88 bits per heavy atom. The predicted molar refractivity (Wildman–Crippen MR) is 64.6 cm³/mol. The van der Waals surface area contributed by atoms with Crippen LogP contribution in [0, 0.1) is 5.92 Å². The summed E-state index contributed by atoms with van der Waals surface area (Å²) in [6.07, 6.45) is 3.27. The third kappa shape index (κ3) is 4.19. The first-order valence-electron chi connectivity index (χ1n) is 5.92. The highest BCUT2D eigenvalue weighted by Crippen LogP contribution is 2.16. The normalized spacial score (nSPS) is 25.9. The fraction of sp³-hybridized carbons (Fsp3) is 0.667. The van der Waals surface area contributed by atoms with Crippen LogP contribution < -0.4 is 10.6 Å². The van der Waals surface area contributed by atoms with E-state index < -0.39 is 12.0 Å². The van der Waals surface area contributed by atoms with Crippen molar-refractivity contribution in [2.75, 3.05) is 6.54 Å². The number of amides is 1. The van der Waals surface area contributed by atoms with Crippen molar-refractivity contribution in [3.8, 4) is 0 Å². The largest absolute Gasteiger partial charge is 0.480 e.